The third-order valence-electron chi connectivity index (χ3n) is 4.39. The lowest BCUT2D eigenvalue weighted by Crippen LogP contribution is -2.48. The second-order valence-electron chi connectivity index (χ2n) is 6.24. The van der Waals surface area contributed by atoms with Crippen LogP contribution in [0.5, 0.6) is 0 Å². The standard InChI is InChI=1S/C21H20N4O2/c26-20(16-5-2-1-3-6-16)24-21(25-11-13-27-14-12-25)23-18-8-9-19-17(15-18)7-4-10-22-19/h1-10,15H,11-14H2,(H,23,24,26). The molecule has 1 N–H and O–H groups in total. The van der Waals surface area contributed by atoms with E-state index in [0.29, 0.717) is 37.8 Å². The number of amides is 1. The molecule has 2 heterocycles. The van der Waals surface area contributed by atoms with Gasteiger partial charge in [-0.25, -0.2) is 4.99 Å². The number of nitrogens with one attached hydrogen (secondary N) is 1. The summed E-state index contributed by atoms with van der Waals surface area (Å²) < 4.78 is 5.43. The largest absolute Gasteiger partial charge is 0.378 e. The number of pyridine rings is 1. The van der Waals surface area contributed by atoms with Crippen molar-refractivity contribution in [2.75, 3.05) is 26.3 Å². The van der Waals surface area contributed by atoms with Gasteiger partial charge in [-0.1, -0.05) is 24.3 Å². The lowest BCUT2D eigenvalue weighted by Gasteiger charge is -2.29. The lowest BCUT2D eigenvalue weighted by atomic mass is 10.2. The Labute approximate surface area is 157 Å². The van der Waals surface area contributed by atoms with Crippen molar-refractivity contribution in [3.63, 3.8) is 0 Å². The first-order chi connectivity index (χ1) is 13.3. The summed E-state index contributed by atoms with van der Waals surface area (Å²) in [7, 11) is 0. The lowest BCUT2D eigenvalue weighted by molar-refractivity contribution is 0.0657. The van der Waals surface area contributed by atoms with E-state index < -0.39 is 0 Å². The highest BCUT2D eigenvalue weighted by Gasteiger charge is 2.18. The zero-order chi connectivity index (χ0) is 18.5. The zero-order valence-electron chi connectivity index (χ0n) is 14.8. The van der Waals surface area contributed by atoms with Crippen LogP contribution in [0.25, 0.3) is 10.9 Å². The third kappa shape index (κ3) is 4.12. The number of carbonyl (C=O) groups is 1. The van der Waals surface area contributed by atoms with Crippen molar-refractivity contribution in [1.29, 1.82) is 0 Å². The van der Waals surface area contributed by atoms with E-state index in [-0.39, 0.29) is 5.91 Å². The van der Waals surface area contributed by atoms with Crippen LogP contribution in [0, 0.1) is 0 Å². The second-order valence-corrected chi connectivity index (χ2v) is 6.24. The summed E-state index contributed by atoms with van der Waals surface area (Å²) >= 11 is 0. The number of rotatable bonds is 2. The van der Waals surface area contributed by atoms with Gasteiger partial charge in [0.1, 0.15) is 0 Å². The normalized spacial score (nSPS) is 15.0. The number of ether oxygens (including phenoxy) is 1. The van der Waals surface area contributed by atoms with Crippen molar-refractivity contribution in [1.82, 2.24) is 15.2 Å². The van der Waals surface area contributed by atoms with Gasteiger partial charge in [0, 0.05) is 30.2 Å². The van der Waals surface area contributed by atoms with Crippen LogP contribution >= 0.6 is 0 Å². The predicted molar refractivity (Wildman–Crippen MR) is 105 cm³/mol. The van der Waals surface area contributed by atoms with Crippen LogP contribution < -0.4 is 5.32 Å². The molecule has 2 aromatic carbocycles. The molecule has 27 heavy (non-hydrogen) atoms. The van der Waals surface area contributed by atoms with Crippen molar-refractivity contribution in [3.05, 3.63) is 72.4 Å². The minimum absolute atomic E-state index is 0.178. The molecule has 6 heteroatoms. The van der Waals surface area contributed by atoms with Crippen molar-refractivity contribution in [2.24, 2.45) is 4.99 Å². The summed E-state index contributed by atoms with van der Waals surface area (Å²) in [6.07, 6.45) is 1.77. The van der Waals surface area contributed by atoms with E-state index >= 15 is 0 Å². The first-order valence-electron chi connectivity index (χ1n) is 8.92. The number of aliphatic imine (C=N–C) groups is 1. The van der Waals surface area contributed by atoms with Gasteiger partial charge in [0.15, 0.2) is 0 Å². The molecule has 1 saturated heterocycles. The van der Waals surface area contributed by atoms with Crippen LogP contribution in [0.1, 0.15) is 10.4 Å². The fourth-order valence-electron chi connectivity index (χ4n) is 2.97. The van der Waals surface area contributed by atoms with E-state index in [0.717, 1.165) is 16.6 Å². The highest BCUT2D eigenvalue weighted by Crippen LogP contribution is 2.20. The molecule has 0 radical (unpaired) electrons. The number of guanidine groups is 1. The molecule has 0 unspecified atom stereocenters. The summed E-state index contributed by atoms with van der Waals surface area (Å²) in [5.74, 6) is 0.360. The Bertz CT molecular complexity index is 966. The highest BCUT2D eigenvalue weighted by molar-refractivity contribution is 6.06. The predicted octanol–water partition coefficient (Wildman–Crippen LogP) is 2.98. The van der Waals surface area contributed by atoms with Crippen LogP contribution in [0.15, 0.2) is 71.9 Å². The molecule has 0 aliphatic carbocycles. The molecule has 3 aromatic rings. The van der Waals surface area contributed by atoms with Gasteiger partial charge in [0.2, 0.25) is 5.96 Å². The highest BCUT2D eigenvalue weighted by atomic mass is 16.5. The Morgan fingerprint density at radius 3 is 2.67 bits per heavy atom. The second kappa shape index (κ2) is 7.97. The van der Waals surface area contributed by atoms with Gasteiger partial charge in [-0.05, 0) is 36.4 Å². The molecule has 4 rings (SSSR count). The Morgan fingerprint density at radius 2 is 1.85 bits per heavy atom. The average molecular weight is 360 g/mol. The minimum Gasteiger partial charge on any atom is -0.378 e. The van der Waals surface area contributed by atoms with Gasteiger partial charge < -0.3 is 9.64 Å². The molecule has 1 aliphatic rings. The van der Waals surface area contributed by atoms with Crippen LogP contribution in [-0.4, -0.2) is 48.1 Å². The Kier molecular flexibility index (Phi) is 5.07. The first-order valence-corrected chi connectivity index (χ1v) is 8.92. The molecule has 1 aromatic heterocycles. The van der Waals surface area contributed by atoms with Gasteiger partial charge in [0.25, 0.3) is 5.91 Å². The van der Waals surface area contributed by atoms with Crippen molar-refractivity contribution in [3.8, 4) is 0 Å². The molecule has 1 aliphatic heterocycles. The summed E-state index contributed by atoms with van der Waals surface area (Å²) in [5.41, 5.74) is 2.28. The van der Waals surface area contributed by atoms with E-state index in [1.807, 2.05) is 53.4 Å². The Hall–Kier alpha value is -3.25. The summed E-state index contributed by atoms with van der Waals surface area (Å²) in [5, 5.41) is 3.97. The summed E-state index contributed by atoms with van der Waals surface area (Å²) in [6.45, 7) is 2.59. The Balaban J connectivity index is 1.65. The van der Waals surface area contributed by atoms with E-state index in [1.54, 1.807) is 18.3 Å². The molecule has 0 spiro atoms. The third-order valence-corrected chi connectivity index (χ3v) is 4.39. The maximum absolute atomic E-state index is 12.6. The monoisotopic (exact) mass is 360 g/mol. The smallest absolute Gasteiger partial charge is 0.257 e. The fraction of sp³-hybridized carbons (Fsp3) is 0.190. The van der Waals surface area contributed by atoms with Gasteiger partial charge in [-0.3, -0.25) is 15.1 Å². The number of nitrogens with zero attached hydrogens (tertiary/aromatic N) is 3. The van der Waals surface area contributed by atoms with E-state index in [1.165, 1.54) is 0 Å². The zero-order valence-corrected chi connectivity index (χ0v) is 14.8. The molecule has 6 nitrogen and oxygen atoms in total. The first kappa shape index (κ1) is 17.2. The van der Waals surface area contributed by atoms with Crippen LogP contribution in [0.4, 0.5) is 5.69 Å². The van der Waals surface area contributed by atoms with Crippen LogP contribution in [-0.2, 0) is 4.74 Å². The van der Waals surface area contributed by atoms with Gasteiger partial charge in [-0.15, -0.1) is 0 Å². The van der Waals surface area contributed by atoms with Crippen molar-refractivity contribution >= 4 is 28.5 Å². The van der Waals surface area contributed by atoms with Gasteiger partial charge in [0.05, 0.1) is 24.4 Å². The molecule has 0 atom stereocenters. The molecule has 1 fully saturated rings. The SMILES string of the molecule is O=C(NC(=Nc1ccc2ncccc2c1)N1CCOCC1)c1ccccc1. The average Bonchev–Trinajstić information content (AvgIpc) is 2.74. The van der Waals surface area contributed by atoms with Crippen molar-refractivity contribution < 1.29 is 9.53 Å². The molecule has 0 bridgehead atoms. The quantitative estimate of drug-likeness (QED) is 0.564. The number of carbonyl (C=O) groups excluding carboxylic acids is 1. The van der Waals surface area contributed by atoms with Gasteiger partial charge in [-0.2, -0.15) is 0 Å². The number of benzene rings is 2. The molecular formula is C21H20N4O2. The van der Waals surface area contributed by atoms with Crippen molar-refractivity contribution in [2.45, 2.75) is 0 Å². The summed E-state index contributed by atoms with van der Waals surface area (Å²) in [4.78, 5) is 23.7. The molecule has 1 amide bonds. The number of hydrogen-bond acceptors (Lipinski definition) is 4. The molecule has 0 saturated carbocycles. The topological polar surface area (TPSA) is 66.8 Å². The van der Waals surface area contributed by atoms with E-state index in [4.69, 9.17) is 9.73 Å². The maximum Gasteiger partial charge on any atom is 0.257 e. The number of hydrogen-bond donors (Lipinski definition) is 1. The molecule has 136 valence electrons. The van der Waals surface area contributed by atoms with E-state index in [2.05, 4.69) is 10.3 Å². The fourth-order valence-corrected chi connectivity index (χ4v) is 2.97. The molecular weight excluding hydrogens is 340 g/mol. The van der Waals surface area contributed by atoms with E-state index in [9.17, 15) is 4.79 Å². The van der Waals surface area contributed by atoms with Crippen LogP contribution in [0.3, 0.4) is 0 Å². The van der Waals surface area contributed by atoms with Gasteiger partial charge >= 0.3 is 0 Å². The maximum atomic E-state index is 12.6. The van der Waals surface area contributed by atoms with Crippen LogP contribution in [0.2, 0.25) is 0 Å². The number of aromatic nitrogens is 1. The Morgan fingerprint density at radius 1 is 1.04 bits per heavy atom. The minimum atomic E-state index is -0.178. The number of morpholine rings is 1. The summed E-state index contributed by atoms with van der Waals surface area (Å²) in [6, 6.07) is 18.9. The number of fused-ring (bicyclic) bond motifs is 1.